The summed E-state index contributed by atoms with van der Waals surface area (Å²) in [6, 6.07) is 4.98. The van der Waals surface area contributed by atoms with Crippen LogP contribution in [0.1, 0.15) is 35.2 Å². The van der Waals surface area contributed by atoms with E-state index >= 15 is 0 Å². The topological polar surface area (TPSA) is 63.6 Å². The molecule has 0 radical (unpaired) electrons. The summed E-state index contributed by atoms with van der Waals surface area (Å²) in [6.07, 6.45) is 0.359. The van der Waals surface area contributed by atoms with Crippen LogP contribution in [0.4, 0.5) is 0 Å². The van der Waals surface area contributed by atoms with Crippen LogP contribution >= 0.6 is 0 Å². The molecular formula is C12H12O4. The molecule has 1 atom stereocenters. The second-order valence-electron chi connectivity index (χ2n) is 3.84. The van der Waals surface area contributed by atoms with E-state index in [1.165, 1.54) is 0 Å². The number of ether oxygens (including phenoxy) is 1. The van der Waals surface area contributed by atoms with Crippen LogP contribution in [0.15, 0.2) is 18.2 Å². The minimum atomic E-state index is -0.899. The number of fused-ring (bicyclic) bond motifs is 1. The molecule has 1 heterocycles. The normalized spacial score (nSPS) is 16.2. The summed E-state index contributed by atoms with van der Waals surface area (Å²) in [5, 5.41) is 8.89. The molecule has 1 aliphatic rings. The molecule has 2 rings (SSSR count). The molecule has 1 unspecified atom stereocenters. The molecule has 0 amide bonds. The fourth-order valence-corrected chi connectivity index (χ4v) is 1.69. The van der Waals surface area contributed by atoms with E-state index in [9.17, 15) is 9.59 Å². The first kappa shape index (κ1) is 10.7. The average molecular weight is 220 g/mol. The van der Waals surface area contributed by atoms with Gasteiger partial charge in [-0.3, -0.25) is 9.59 Å². The lowest BCUT2D eigenvalue weighted by Crippen LogP contribution is -2.16. The molecule has 0 spiro atoms. The van der Waals surface area contributed by atoms with Crippen molar-refractivity contribution in [2.45, 2.75) is 19.3 Å². The van der Waals surface area contributed by atoms with Crippen LogP contribution in [0, 0.1) is 0 Å². The molecule has 0 aromatic heterocycles. The van der Waals surface area contributed by atoms with E-state index < -0.39 is 11.9 Å². The van der Waals surface area contributed by atoms with Crippen LogP contribution in [-0.4, -0.2) is 23.5 Å². The van der Waals surface area contributed by atoms with E-state index in [0.29, 0.717) is 29.9 Å². The van der Waals surface area contributed by atoms with Crippen molar-refractivity contribution in [2.75, 3.05) is 6.61 Å². The Labute approximate surface area is 92.8 Å². The summed E-state index contributed by atoms with van der Waals surface area (Å²) in [7, 11) is 0. The lowest BCUT2D eigenvalue weighted by Gasteiger charge is -2.17. The predicted octanol–water partition coefficient (Wildman–Crippen LogP) is 1.84. The van der Waals surface area contributed by atoms with Crippen molar-refractivity contribution in [2.24, 2.45) is 0 Å². The van der Waals surface area contributed by atoms with E-state index in [1.807, 2.05) is 0 Å². The predicted molar refractivity (Wildman–Crippen MR) is 56.9 cm³/mol. The minimum Gasteiger partial charge on any atom is -0.492 e. The Hall–Kier alpha value is -1.84. The summed E-state index contributed by atoms with van der Waals surface area (Å²) in [5.41, 5.74) is 1.13. The molecule has 0 saturated heterocycles. The summed E-state index contributed by atoms with van der Waals surface area (Å²) < 4.78 is 5.32. The Bertz CT molecular complexity index is 450. The van der Waals surface area contributed by atoms with Gasteiger partial charge in [0.1, 0.15) is 5.75 Å². The Morgan fingerprint density at radius 1 is 1.50 bits per heavy atom. The van der Waals surface area contributed by atoms with Crippen LogP contribution in [0.5, 0.6) is 5.75 Å². The first-order valence-electron chi connectivity index (χ1n) is 5.12. The number of carboxylic acids is 1. The van der Waals surface area contributed by atoms with Gasteiger partial charge in [0.15, 0.2) is 5.78 Å². The van der Waals surface area contributed by atoms with Crippen molar-refractivity contribution in [1.29, 1.82) is 0 Å². The van der Waals surface area contributed by atoms with Gasteiger partial charge >= 0.3 is 5.97 Å². The van der Waals surface area contributed by atoms with Crippen molar-refractivity contribution in [3.63, 3.8) is 0 Å². The maximum Gasteiger partial charge on any atom is 0.310 e. The van der Waals surface area contributed by atoms with Crippen LogP contribution in [0.3, 0.4) is 0 Å². The molecule has 0 bridgehead atoms. The van der Waals surface area contributed by atoms with Crippen molar-refractivity contribution in [3.05, 3.63) is 29.3 Å². The molecule has 1 aliphatic heterocycles. The lowest BCUT2D eigenvalue weighted by molar-refractivity contribution is -0.138. The van der Waals surface area contributed by atoms with E-state index in [-0.39, 0.29) is 5.78 Å². The van der Waals surface area contributed by atoms with Crippen LogP contribution < -0.4 is 4.74 Å². The monoisotopic (exact) mass is 220 g/mol. The molecular weight excluding hydrogens is 208 g/mol. The molecule has 4 nitrogen and oxygen atoms in total. The number of carboxylic acid groups (broad SMARTS) is 1. The first-order chi connectivity index (χ1) is 7.59. The van der Waals surface area contributed by atoms with Gasteiger partial charge in [-0.05, 0) is 24.6 Å². The van der Waals surface area contributed by atoms with Crippen molar-refractivity contribution in [3.8, 4) is 5.75 Å². The number of carbonyl (C=O) groups is 2. The summed E-state index contributed by atoms with van der Waals surface area (Å²) in [6.45, 7) is 2.00. The SMILES string of the molecule is CC(C(=O)O)c1ccc2c(c1)C(=O)CCO2. The smallest absolute Gasteiger partial charge is 0.310 e. The molecule has 0 saturated carbocycles. The third-order valence-electron chi connectivity index (χ3n) is 2.76. The largest absolute Gasteiger partial charge is 0.492 e. The number of benzene rings is 1. The molecule has 0 fully saturated rings. The summed E-state index contributed by atoms with van der Waals surface area (Å²) in [5.74, 6) is -0.942. The number of carbonyl (C=O) groups excluding carboxylic acids is 1. The van der Waals surface area contributed by atoms with Gasteiger partial charge in [-0.1, -0.05) is 6.07 Å². The zero-order chi connectivity index (χ0) is 11.7. The number of rotatable bonds is 2. The highest BCUT2D eigenvalue weighted by molar-refractivity contribution is 6.00. The number of hydrogen-bond donors (Lipinski definition) is 1. The van der Waals surface area contributed by atoms with Gasteiger partial charge in [0.05, 0.1) is 18.1 Å². The highest BCUT2D eigenvalue weighted by atomic mass is 16.5. The second kappa shape index (κ2) is 3.96. The molecule has 4 heteroatoms. The fraction of sp³-hybridized carbons (Fsp3) is 0.333. The van der Waals surface area contributed by atoms with E-state index in [4.69, 9.17) is 9.84 Å². The Balaban J connectivity index is 2.41. The highest BCUT2D eigenvalue weighted by Crippen LogP contribution is 2.28. The van der Waals surface area contributed by atoms with Crippen LogP contribution in [-0.2, 0) is 4.79 Å². The molecule has 1 aromatic rings. The maximum atomic E-state index is 11.6. The number of hydrogen-bond acceptors (Lipinski definition) is 3. The quantitative estimate of drug-likeness (QED) is 0.825. The molecule has 16 heavy (non-hydrogen) atoms. The third-order valence-corrected chi connectivity index (χ3v) is 2.76. The van der Waals surface area contributed by atoms with Gasteiger partial charge in [0.2, 0.25) is 0 Å². The van der Waals surface area contributed by atoms with E-state index in [0.717, 1.165) is 0 Å². The van der Waals surface area contributed by atoms with Gasteiger partial charge in [-0.25, -0.2) is 0 Å². The van der Waals surface area contributed by atoms with Crippen LogP contribution in [0.2, 0.25) is 0 Å². The van der Waals surface area contributed by atoms with Crippen molar-refractivity contribution < 1.29 is 19.4 Å². The Morgan fingerprint density at radius 3 is 2.94 bits per heavy atom. The van der Waals surface area contributed by atoms with E-state index in [1.54, 1.807) is 25.1 Å². The Kier molecular flexibility index (Phi) is 2.64. The van der Waals surface area contributed by atoms with Gasteiger partial charge in [-0.15, -0.1) is 0 Å². The second-order valence-corrected chi connectivity index (χ2v) is 3.84. The van der Waals surface area contributed by atoms with Gasteiger partial charge < -0.3 is 9.84 Å². The fourth-order valence-electron chi connectivity index (χ4n) is 1.69. The molecule has 84 valence electrons. The number of aliphatic carboxylic acids is 1. The van der Waals surface area contributed by atoms with Crippen molar-refractivity contribution >= 4 is 11.8 Å². The Morgan fingerprint density at radius 2 is 2.25 bits per heavy atom. The lowest BCUT2D eigenvalue weighted by atomic mass is 9.95. The van der Waals surface area contributed by atoms with E-state index in [2.05, 4.69) is 0 Å². The van der Waals surface area contributed by atoms with Gasteiger partial charge in [0, 0.05) is 6.42 Å². The molecule has 1 aromatic carbocycles. The number of Topliss-reactive ketones (excluding diaryl/α,β-unsaturated/α-hetero) is 1. The first-order valence-corrected chi connectivity index (χ1v) is 5.12. The van der Waals surface area contributed by atoms with Gasteiger partial charge in [0.25, 0.3) is 0 Å². The van der Waals surface area contributed by atoms with Crippen molar-refractivity contribution in [1.82, 2.24) is 0 Å². The third kappa shape index (κ3) is 1.78. The van der Waals surface area contributed by atoms with Gasteiger partial charge in [-0.2, -0.15) is 0 Å². The molecule has 0 aliphatic carbocycles. The van der Waals surface area contributed by atoms with Crippen LogP contribution in [0.25, 0.3) is 0 Å². The number of ketones is 1. The summed E-state index contributed by atoms with van der Waals surface area (Å²) >= 11 is 0. The average Bonchev–Trinajstić information content (AvgIpc) is 2.28. The maximum absolute atomic E-state index is 11.6. The molecule has 1 N–H and O–H groups in total. The minimum absolute atomic E-state index is 0.0145. The summed E-state index contributed by atoms with van der Waals surface area (Å²) in [4.78, 5) is 22.4. The zero-order valence-electron chi connectivity index (χ0n) is 8.90. The standard InChI is InChI=1S/C12H12O4/c1-7(12(14)15)8-2-3-11-9(6-8)10(13)4-5-16-11/h2-3,6-7H,4-5H2,1H3,(H,14,15). The zero-order valence-corrected chi connectivity index (χ0v) is 8.90. The highest BCUT2D eigenvalue weighted by Gasteiger charge is 2.21.